The molecule has 0 saturated heterocycles. The molecule has 3 heterocycles. The monoisotopic (exact) mass is 372 g/mol. The predicted molar refractivity (Wildman–Crippen MR) is 90.7 cm³/mol. The SMILES string of the molecule is Cc1occc1-c1nnc(S[C@@H](C)c2nnc(-c3ccc(F)cc3)o2)o1. The minimum absolute atomic E-state index is 0.199. The van der Waals surface area contributed by atoms with Crippen LogP contribution in [0.1, 0.15) is 23.8 Å². The minimum atomic E-state index is -0.322. The molecule has 0 unspecified atom stereocenters. The summed E-state index contributed by atoms with van der Waals surface area (Å²) >= 11 is 1.30. The van der Waals surface area contributed by atoms with Gasteiger partial charge in [0.2, 0.25) is 11.8 Å². The van der Waals surface area contributed by atoms with E-state index >= 15 is 0 Å². The summed E-state index contributed by atoms with van der Waals surface area (Å²) < 4.78 is 29.6. The van der Waals surface area contributed by atoms with Crippen molar-refractivity contribution in [1.29, 1.82) is 0 Å². The van der Waals surface area contributed by atoms with E-state index in [2.05, 4.69) is 20.4 Å². The van der Waals surface area contributed by atoms with Crippen LogP contribution in [-0.4, -0.2) is 20.4 Å². The third kappa shape index (κ3) is 3.25. The Kier molecular flexibility index (Phi) is 4.29. The molecular weight excluding hydrogens is 359 g/mol. The van der Waals surface area contributed by atoms with E-state index in [1.165, 1.54) is 23.9 Å². The van der Waals surface area contributed by atoms with Gasteiger partial charge in [-0.25, -0.2) is 4.39 Å². The van der Waals surface area contributed by atoms with Crippen molar-refractivity contribution in [3.8, 4) is 22.9 Å². The van der Waals surface area contributed by atoms with E-state index in [-0.39, 0.29) is 11.1 Å². The molecule has 9 heteroatoms. The summed E-state index contributed by atoms with van der Waals surface area (Å²) in [6, 6.07) is 7.63. The Morgan fingerprint density at radius 1 is 0.962 bits per heavy atom. The van der Waals surface area contributed by atoms with Gasteiger partial charge in [0.1, 0.15) is 11.6 Å². The Balaban J connectivity index is 1.49. The lowest BCUT2D eigenvalue weighted by Gasteiger charge is -2.01. The summed E-state index contributed by atoms with van der Waals surface area (Å²) in [5.74, 6) is 1.52. The molecule has 1 aromatic carbocycles. The number of hydrogen-bond donors (Lipinski definition) is 0. The molecule has 1 atom stereocenters. The molecule has 0 aliphatic carbocycles. The van der Waals surface area contributed by atoms with Gasteiger partial charge in [-0.3, -0.25) is 0 Å². The van der Waals surface area contributed by atoms with Crippen molar-refractivity contribution in [2.45, 2.75) is 24.3 Å². The number of halogens is 1. The highest BCUT2D eigenvalue weighted by molar-refractivity contribution is 7.99. The lowest BCUT2D eigenvalue weighted by Crippen LogP contribution is -1.88. The fraction of sp³-hybridized carbons (Fsp3) is 0.176. The number of hydrogen-bond acceptors (Lipinski definition) is 8. The molecule has 0 aliphatic heterocycles. The molecule has 0 amide bonds. The Hall–Kier alpha value is -2.94. The minimum Gasteiger partial charge on any atom is -0.469 e. The highest BCUT2D eigenvalue weighted by Gasteiger charge is 2.20. The van der Waals surface area contributed by atoms with Crippen LogP contribution in [0.4, 0.5) is 4.39 Å². The van der Waals surface area contributed by atoms with Crippen LogP contribution in [0, 0.1) is 12.7 Å². The highest BCUT2D eigenvalue weighted by Crippen LogP contribution is 2.36. The molecule has 132 valence electrons. The standard InChI is InChI=1S/C17H13FN4O3S/c1-9-13(7-8-23-9)16-21-22-17(25-16)26-10(2)14-19-20-15(24-14)11-3-5-12(18)6-4-11/h3-8,10H,1-2H3/t10-/m0/s1. The number of benzene rings is 1. The predicted octanol–water partition coefficient (Wildman–Crippen LogP) is 4.68. The van der Waals surface area contributed by atoms with Gasteiger partial charge in [-0.2, -0.15) is 0 Å². The fourth-order valence-corrected chi connectivity index (χ4v) is 3.00. The van der Waals surface area contributed by atoms with Crippen molar-refractivity contribution in [2.24, 2.45) is 0 Å². The molecule has 0 N–H and O–H groups in total. The van der Waals surface area contributed by atoms with E-state index in [0.29, 0.717) is 34.2 Å². The second-order valence-electron chi connectivity index (χ2n) is 5.48. The summed E-state index contributed by atoms with van der Waals surface area (Å²) in [7, 11) is 0. The number of nitrogens with zero attached hydrogens (tertiary/aromatic N) is 4. The molecule has 0 fully saturated rings. The van der Waals surface area contributed by atoms with Gasteiger partial charge < -0.3 is 13.3 Å². The van der Waals surface area contributed by atoms with Crippen LogP contribution in [-0.2, 0) is 0 Å². The second kappa shape index (κ2) is 6.75. The van der Waals surface area contributed by atoms with Crippen molar-refractivity contribution in [3.05, 3.63) is 54.1 Å². The zero-order valence-corrected chi connectivity index (χ0v) is 14.7. The number of furan rings is 1. The smallest absolute Gasteiger partial charge is 0.277 e. The average molecular weight is 372 g/mol. The molecule has 4 rings (SSSR count). The Morgan fingerprint density at radius 2 is 1.73 bits per heavy atom. The first kappa shape index (κ1) is 16.5. The lowest BCUT2D eigenvalue weighted by atomic mass is 10.2. The quantitative estimate of drug-likeness (QED) is 0.466. The molecule has 26 heavy (non-hydrogen) atoms. The average Bonchev–Trinajstić information content (AvgIpc) is 3.36. The van der Waals surface area contributed by atoms with Crippen LogP contribution >= 0.6 is 11.8 Å². The van der Waals surface area contributed by atoms with Gasteiger partial charge in [0, 0.05) is 5.56 Å². The third-order valence-electron chi connectivity index (χ3n) is 3.65. The molecule has 0 spiro atoms. The van der Waals surface area contributed by atoms with E-state index in [0.717, 1.165) is 5.56 Å². The topological polar surface area (TPSA) is 91.0 Å². The van der Waals surface area contributed by atoms with Crippen molar-refractivity contribution in [1.82, 2.24) is 20.4 Å². The van der Waals surface area contributed by atoms with Gasteiger partial charge in [-0.1, -0.05) is 11.8 Å². The molecule has 7 nitrogen and oxygen atoms in total. The van der Waals surface area contributed by atoms with E-state index in [9.17, 15) is 4.39 Å². The Morgan fingerprint density at radius 3 is 2.46 bits per heavy atom. The Bertz CT molecular complexity index is 1020. The molecule has 4 aromatic rings. The van der Waals surface area contributed by atoms with Gasteiger partial charge in [-0.05, 0) is 44.2 Å². The molecule has 3 aromatic heterocycles. The van der Waals surface area contributed by atoms with E-state index in [1.54, 1.807) is 24.5 Å². The van der Waals surface area contributed by atoms with Crippen LogP contribution in [0.3, 0.4) is 0 Å². The maximum absolute atomic E-state index is 13.0. The second-order valence-corrected chi connectivity index (χ2v) is 6.77. The van der Waals surface area contributed by atoms with E-state index in [1.807, 2.05) is 13.8 Å². The van der Waals surface area contributed by atoms with Crippen molar-refractivity contribution >= 4 is 11.8 Å². The third-order valence-corrected chi connectivity index (χ3v) is 4.57. The van der Waals surface area contributed by atoms with Crippen LogP contribution in [0.15, 0.2) is 55.1 Å². The van der Waals surface area contributed by atoms with E-state index < -0.39 is 0 Å². The fourth-order valence-electron chi connectivity index (χ4n) is 2.28. The first-order chi connectivity index (χ1) is 12.6. The molecule has 0 aliphatic rings. The van der Waals surface area contributed by atoms with Crippen molar-refractivity contribution < 1.29 is 17.6 Å². The van der Waals surface area contributed by atoms with Crippen LogP contribution in [0.25, 0.3) is 22.9 Å². The van der Waals surface area contributed by atoms with Gasteiger partial charge in [0.05, 0.1) is 17.1 Å². The van der Waals surface area contributed by atoms with Gasteiger partial charge in [0.15, 0.2) is 0 Å². The van der Waals surface area contributed by atoms with Crippen molar-refractivity contribution in [3.63, 3.8) is 0 Å². The first-order valence-corrected chi connectivity index (χ1v) is 8.62. The number of rotatable bonds is 5. The number of thioether (sulfide) groups is 1. The summed E-state index contributed by atoms with van der Waals surface area (Å²) in [5.41, 5.74) is 1.41. The van der Waals surface area contributed by atoms with Crippen LogP contribution in [0.2, 0.25) is 0 Å². The first-order valence-electron chi connectivity index (χ1n) is 7.74. The molecule has 0 saturated carbocycles. The normalized spacial score (nSPS) is 12.4. The summed E-state index contributed by atoms with van der Waals surface area (Å²) in [6.45, 7) is 3.71. The molecule has 0 radical (unpaired) electrons. The van der Waals surface area contributed by atoms with Crippen LogP contribution < -0.4 is 0 Å². The molecular formula is C17H13FN4O3S. The van der Waals surface area contributed by atoms with E-state index in [4.69, 9.17) is 13.3 Å². The largest absolute Gasteiger partial charge is 0.469 e. The zero-order chi connectivity index (χ0) is 18.1. The number of aryl methyl sites for hydroxylation is 1. The Labute approximate surface area is 151 Å². The highest BCUT2D eigenvalue weighted by atomic mass is 32.2. The van der Waals surface area contributed by atoms with Crippen LogP contribution in [0.5, 0.6) is 0 Å². The summed E-state index contributed by atoms with van der Waals surface area (Å²) in [5, 5.41) is 16.3. The zero-order valence-electron chi connectivity index (χ0n) is 13.8. The summed E-state index contributed by atoms with van der Waals surface area (Å²) in [4.78, 5) is 0. The molecule has 0 bridgehead atoms. The van der Waals surface area contributed by atoms with Gasteiger partial charge in [-0.15, -0.1) is 20.4 Å². The van der Waals surface area contributed by atoms with Gasteiger partial charge in [0.25, 0.3) is 11.1 Å². The maximum Gasteiger partial charge on any atom is 0.277 e. The van der Waals surface area contributed by atoms with Gasteiger partial charge >= 0.3 is 0 Å². The van der Waals surface area contributed by atoms with Crippen molar-refractivity contribution in [2.75, 3.05) is 0 Å². The number of aromatic nitrogens is 4. The summed E-state index contributed by atoms with van der Waals surface area (Å²) in [6.07, 6.45) is 1.57. The maximum atomic E-state index is 13.0. The lowest BCUT2D eigenvalue weighted by molar-refractivity contribution is 0.459.